The second-order valence-corrected chi connectivity index (χ2v) is 4.86. The molecular formula is C20H16N2O. The average Bonchev–Trinajstić information content (AvgIpc) is 3.23. The smallest absolute Gasteiger partial charge is 0.203 e. The van der Waals surface area contributed by atoms with Crippen LogP contribution in [0, 0.1) is 0 Å². The van der Waals surface area contributed by atoms with Crippen LogP contribution in [-0.2, 0) is 0 Å². The molecule has 0 saturated heterocycles. The molecule has 0 aliphatic heterocycles. The first-order valence-corrected chi connectivity index (χ1v) is 7.34. The van der Waals surface area contributed by atoms with Gasteiger partial charge in [0, 0.05) is 0 Å². The predicted octanol–water partition coefficient (Wildman–Crippen LogP) is 5.09. The Labute approximate surface area is 135 Å². The molecule has 3 aromatic carbocycles. The van der Waals surface area contributed by atoms with Crippen molar-refractivity contribution in [3.63, 3.8) is 0 Å². The molecule has 4 aromatic rings. The molecule has 0 unspecified atom stereocenters. The van der Waals surface area contributed by atoms with Crippen LogP contribution in [0.25, 0.3) is 22.3 Å². The predicted molar refractivity (Wildman–Crippen MR) is 91.6 cm³/mol. The number of rotatable bonds is 2. The van der Waals surface area contributed by atoms with Crippen LogP contribution < -0.4 is 0 Å². The molecule has 0 aliphatic rings. The Hall–Kier alpha value is -3.20. The third-order valence-corrected chi connectivity index (χ3v) is 3.38. The average molecular weight is 300 g/mol. The summed E-state index contributed by atoms with van der Waals surface area (Å²) < 4.78 is 4.36. The maximum atomic E-state index is 4.36. The summed E-state index contributed by atoms with van der Waals surface area (Å²) >= 11 is 0. The van der Waals surface area contributed by atoms with Crippen LogP contribution in [0.15, 0.2) is 102 Å². The van der Waals surface area contributed by atoms with Crippen LogP contribution in [0.5, 0.6) is 0 Å². The second-order valence-electron chi connectivity index (χ2n) is 4.86. The van der Waals surface area contributed by atoms with Gasteiger partial charge in [-0.1, -0.05) is 84.9 Å². The first kappa shape index (κ1) is 14.7. The largest absolute Gasteiger partial charge is 0.431 e. The van der Waals surface area contributed by atoms with E-state index in [1.807, 2.05) is 0 Å². The highest BCUT2D eigenvalue weighted by Gasteiger charge is 2.05. The topological polar surface area (TPSA) is 38.9 Å². The van der Waals surface area contributed by atoms with E-state index in [1.165, 1.54) is 35.0 Å². The molecule has 112 valence electrons. The van der Waals surface area contributed by atoms with E-state index in [1.54, 1.807) is 0 Å². The number of hydrogen-bond donors (Lipinski definition) is 0. The number of nitrogens with zero attached hydrogens (tertiary/aromatic N) is 2. The minimum Gasteiger partial charge on any atom is -0.431 e. The van der Waals surface area contributed by atoms with E-state index in [0.717, 1.165) is 0 Å². The van der Waals surface area contributed by atoms with E-state index >= 15 is 0 Å². The van der Waals surface area contributed by atoms with Crippen molar-refractivity contribution in [3.05, 3.63) is 97.7 Å². The number of hydrogen-bond acceptors (Lipinski definition) is 3. The molecule has 0 bridgehead atoms. The Morgan fingerprint density at radius 3 is 1.22 bits per heavy atom. The molecule has 0 saturated carbocycles. The zero-order valence-corrected chi connectivity index (χ0v) is 12.5. The highest BCUT2D eigenvalue weighted by molar-refractivity contribution is 5.83. The van der Waals surface area contributed by atoms with Crippen LogP contribution >= 0.6 is 0 Å². The van der Waals surface area contributed by atoms with E-state index in [0.29, 0.717) is 0 Å². The van der Waals surface area contributed by atoms with Gasteiger partial charge in [0.2, 0.25) is 12.8 Å². The summed E-state index contributed by atoms with van der Waals surface area (Å²) in [7, 11) is 0. The molecule has 0 N–H and O–H groups in total. The summed E-state index contributed by atoms with van der Waals surface area (Å²) in [5, 5.41) is 6.61. The van der Waals surface area contributed by atoms with E-state index in [9.17, 15) is 0 Å². The van der Waals surface area contributed by atoms with Crippen molar-refractivity contribution in [1.29, 1.82) is 0 Å². The lowest BCUT2D eigenvalue weighted by Crippen LogP contribution is -1.83. The minimum absolute atomic E-state index is 1.26. The minimum atomic E-state index is 1.26. The quantitative estimate of drug-likeness (QED) is 0.517. The Bertz CT molecular complexity index is 737. The standard InChI is InChI=1S/C18H14.C2H2N2O/c1-3-9-15(10-4-1)17-13-7-8-14-18(17)16-11-5-2-6-12-16;1-3-4-2-5-1/h1-14H;1-2H. The normalized spacial score (nSPS) is 9.74. The Morgan fingerprint density at radius 2 is 0.870 bits per heavy atom. The monoisotopic (exact) mass is 300 g/mol. The van der Waals surface area contributed by atoms with Gasteiger partial charge in [-0.15, -0.1) is 10.2 Å². The Morgan fingerprint density at radius 1 is 0.478 bits per heavy atom. The molecular weight excluding hydrogens is 284 g/mol. The molecule has 23 heavy (non-hydrogen) atoms. The van der Waals surface area contributed by atoms with Crippen LogP contribution in [-0.4, -0.2) is 10.2 Å². The molecule has 0 aliphatic carbocycles. The van der Waals surface area contributed by atoms with Gasteiger partial charge in [0.1, 0.15) is 0 Å². The Balaban J connectivity index is 0.000000267. The zero-order chi connectivity index (χ0) is 15.7. The van der Waals surface area contributed by atoms with Gasteiger partial charge in [-0.25, -0.2) is 0 Å². The summed E-state index contributed by atoms with van der Waals surface area (Å²) in [6, 6.07) is 29.6. The van der Waals surface area contributed by atoms with Gasteiger partial charge in [0.15, 0.2) is 0 Å². The lowest BCUT2D eigenvalue weighted by Gasteiger charge is -2.09. The van der Waals surface area contributed by atoms with Crippen molar-refractivity contribution < 1.29 is 4.42 Å². The molecule has 0 amide bonds. The molecule has 3 nitrogen and oxygen atoms in total. The summed E-state index contributed by atoms with van der Waals surface area (Å²) in [6.45, 7) is 0. The van der Waals surface area contributed by atoms with Crippen molar-refractivity contribution in [3.8, 4) is 22.3 Å². The second kappa shape index (κ2) is 7.71. The highest BCUT2D eigenvalue weighted by atomic mass is 16.3. The van der Waals surface area contributed by atoms with Gasteiger partial charge in [-0.05, 0) is 22.3 Å². The van der Waals surface area contributed by atoms with E-state index in [2.05, 4.69) is 99.5 Å². The van der Waals surface area contributed by atoms with Gasteiger partial charge in [-0.2, -0.15) is 0 Å². The molecule has 0 spiro atoms. The van der Waals surface area contributed by atoms with Gasteiger partial charge < -0.3 is 4.42 Å². The van der Waals surface area contributed by atoms with Crippen LogP contribution in [0.2, 0.25) is 0 Å². The lowest BCUT2D eigenvalue weighted by atomic mass is 9.95. The first-order valence-electron chi connectivity index (χ1n) is 7.34. The zero-order valence-electron chi connectivity index (χ0n) is 12.5. The molecule has 3 heteroatoms. The highest BCUT2D eigenvalue weighted by Crippen LogP contribution is 2.31. The van der Waals surface area contributed by atoms with E-state index in [-0.39, 0.29) is 0 Å². The molecule has 0 atom stereocenters. The van der Waals surface area contributed by atoms with Gasteiger partial charge in [0.25, 0.3) is 0 Å². The van der Waals surface area contributed by atoms with Gasteiger partial charge in [-0.3, -0.25) is 0 Å². The third kappa shape index (κ3) is 3.92. The fourth-order valence-electron chi connectivity index (χ4n) is 2.36. The molecule has 4 rings (SSSR count). The Kier molecular flexibility index (Phi) is 4.93. The van der Waals surface area contributed by atoms with Crippen molar-refractivity contribution in [2.75, 3.05) is 0 Å². The van der Waals surface area contributed by atoms with Crippen molar-refractivity contribution >= 4 is 0 Å². The first-order chi connectivity index (χ1) is 11.4. The lowest BCUT2D eigenvalue weighted by molar-refractivity contribution is 0.553. The van der Waals surface area contributed by atoms with Crippen LogP contribution in [0.3, 0.4) is 0 Å². The maximum absolute atomic E-state index is 4.36. The van der Waals surface area contributed by atoms with Crippen molar-refractivity contribution in [1.82, 2.24) is 10.2 Å². The molecule has 1 heterocycles. The summed E-state index contributed by atoms with van der Waals surface area (Å²) in [6.07, 6.45) is 2.53. The van der Waals surface area contributed by atoms with E-state index in [4.69, 9.17) is 0 Å². The third-order valence-electron chi connectivity index (χ3n) is 3.38. The summed E-state index contributed by atoms with van der Waals surface area (Å²) in [5.41, 5.74) is 5.09. The fraction of sp³-hybridized carbons (Fsp3) is 0. The van der Waals surface area contributed by atoms with Gasteiger partial charge in [0.05, 0.1) is 0 Å². The van der Waals surface area contributed by atoms with Gasteiger partial charge >= 0.3 is 0 Å². The molecule has 0 radical (unpaired) electrons. The maximum Gasteiger partial charge on any atom is 0.203 e. The SMILES string of the molecule is c1ccc(-c2ccccc2-c2ccccc2)cc1.c1nnco1. The summed E-state index contributed by atoms with van der Waals surface area (Å²) in [4.78, 5) is 0. The van der Waals surface area contributed by atoms with Crippen LogP contribution in [0.4, 0.5) is 0 Å². The van der Waals surface area contributed by atoms with E-state index < -0.39 is 0 Å². The molecule has 1 aromatic heterocycles. The summed E-state index contributed by atoms with van der Waals surface area (Å²) in [5.74, 6) is 0. The number of aromatic nitrogens is 2. The van der Waals surface area contributed by atoms with Crippen molar-refractivity contribution in [2.45, 2.75) is 0 Å². The molecule has 0 fully saturated rings. The van der Waals surface area contributed by atoms with Crippen molar-refractivity contribution in [2.24, 2.45) is 0 Å². The number of benzene rings is 3. The van der Waals surface area contributed by atoms with Crippen LogP contribution in [0.1, 0.15) is 0 Å². The fourth-order valence-corrected chi connectivity index (χ4v) is 2.36.